The lowest BCUT2D eigenvalue weighted by atomic mass is 10.0. The van der Waals surface area contributed by atoms with Gasteiger partial charge in [0.15, 0.2) is 0 Å². The molecule has 1 aromatic heterocycles. The number of hydrogen-bond acceptors (Lipinski definition) is 1. The van der Waals surface area contributed by atoms with Gasteiger partial charge in [0.2, 0.25) is 0 Å². The van der Waals surface area contributed by atoms with E-state index < -0.39 is 0 Å². The third-order valence-electron chi connectivity index (χ3n) is 4.38. The predicted molar refractivity (Wildman–Crippen MR) is 96.1 cm³/mol. The lowest BCUT2D eigenvalue weighted by molar-refractivity contribution is 0.102. The van der Waals surface area contributed by atoms with E-state index in [1.165, 1.54) is 11.1 Å². The number of benzene rings is 2. The normalized spacial score (nSPS) is 10.9. The number of para-hydroxylation sites is 2. The van der Waals surface area contributed by atoms with Gasteiger partial charge in [-0.25, -0.2) is 0 Å². The maximum Gasteiger partial charge on any atom is 0.257 e. The van der Waals surface area contributed by atoms with E-state index in [4.69, 9.17) is 0 Å². The van der Waals surface area contributed by atoms with Crippen LogP contribution in [0.4, 0.5) is 5.69 Å². The van der Waals surface area contributed by atoms with E-state index in [0.717, 1.165) is 35.0 Å². The van der Waals surface area contributed by atoms with Crippen LogP contribution >= 0.6 is 0 Å². The summed E-state index contributed by atoms with van der Waals surface area (Å²) in [5, 5.41) is 4.14. The average Bonchev–Trinajstić information content (AvgIpc) is 2.92. The Labute approximate surface area is 136 Å². The minimum atomic E-state index is -0.0441. The highest BCUT2D eigenvalue weighted by molar-refractivity contribution is 6.13. The number of carbonyl (C=O) groups excluding carboxylic acids is 1. The number of fused-ring (bicyclic) bond motifs is 1. The number of aryl methyl sites for hydroxylation is 3. The first kappa shape index (κ1) is 15.3. The topological polar surface area (TPSA) is 34.0 Å². The molecule has 0 fully saturated rings. The molecule has 0 radical (unpaired) electrons. The molecule has 3 nitrogen and oxygen atoms in total. The third kappa shape index (κ3) is 2.74. The molecule has 3 heteroatoms. The fraction of sp³-hybridized carbons (Fsp3) is 0.250. The maximum atomic E-state index is 12.9. The van der Waals surface area contributed by atoms with Gasteiger partial charge in [-0.3, -0.25) is 4.79 Å². The number of nitrogens with one attached hydrogen (secondary N) is 1. The zero-order chi connectivity index (χ0) is 16.4. The van der Waals surface area contributed by atoms with E-state index in [-0.39, 0.29) is 5.91 Å². The van der Waals surface area contributed by atoms with Gasteiger partial charge in [0.1, 0.15) is 0 Å². The first-order chi connectivity index (χ1) is 11.2. The van der Waals surface area contributed by atoms with Crippen LogP contribution in [0.1, 0.15) is 35.3 Å². The molecule has 23 heavy (non-hydrogen) atoms. The SMILES string of the molecule is CCc1cccc(CC)c1NC(=O)c1cn(C)c2ccccc12. The molecule has 0 aliphatic carbocycles. The van der Waals surface area contributed by atoms with Crippen molar-refractivity contribution in [2.24, 2.45) is 7.05 Å². The summed E-state index contributed by atoms with van der Waals surface area (Å²) in [7, 11) is 1.97. The molecule has 1 amide bonds. The molecule has 0 atom stereocenters. The fourth-order valence-electron chi connectivity index (χ4n) is 3.11. The van der Waals surface area contributed by atoms with Crippen molar-refractivity contribution in [1.29, 1.82) is 0 Å². The first-order valence-corrected chi connectivity index (χ1v) is 8.11. The van der Waals surface area contributed by atoms with Crippen LogP contribution in [0.25, 0.3) is 10.9 Å². The molecule has 0 aliphatic rings. The van der Waals surface area contributed by atoms with Crippen molar-refractivity contribution in [3.05, 3.63) is 65.4 Å². The summed E-state index contributed by atoms with van der Waals surface area (Å²) >= 11 is 0. The van der Waals surface area contributed by atoms with Crippen molar-refractivity contribution < 1.29 is 4.79 Å². The van der Waals surface area contributed by atoms with E-state index in [1.807, 2.05) is 42.1 Å². The summed E-state index contributed by atoms with van der Waals surface area (Å²) in [6.07, 6.45) is 3.71. The van der Waals surface area contributed by atoms with Crippen molar-refractivity contribution in [1.82, 2.24) is 4.57 Å². The Hall–Kier alpha value is -2.55. The summed E-state index contributed by atoms with van der Waals surface area (Å²) in [6, 6.07) is 14.2. The highest BCUT2D eigenvalue weighted by Crippen LogP contribution is 2.25. The molecule has 2 aromatic carbocycles. The molecule has 1 heterocycles. The standard InChI is InChI=1S/C20H22N2O/c1-4-14-9-8-10-15(5-2)19(14)21-20(23)17-13-22(3)18-12-7-6-11-16(17)18/h6-13H,4-5H2,1-3H3,(H,21,23). The fourth-order valence-corrected chi connectivity index (χ4v) is 3.11. The van der Waals surface area contributed by atoms with E-state index in [1.54, 1.807) is 0 Å². The van der Waals surface area contributed by atoms with Gasteiger partial charge in [-0.2, -0.15) is 0 Å². The monoisotopic (exact) mass is 306 g/mol. The van der Waals surface area contributed by atoms with Crippen molar-refractivity contribution in [3.8, 4) is 0 Å². The highest BCUT2D eigenvalue weighted by Gasteiger charge is 2.16. The molecule has 3 aromatic rings. The van der Waals surface area contributed by atoms with Gasteiger partial charge in [-0.15, -0.1) is 0 Å². The molecule has 0 unspecified atom stereocenters. The number of carbonyl (C=O) groups is 1. The van der Waals surface area contributed by atoms with Crippen LogP contribution in [0.15, 0.2) is 48.7 Å². The molecule has 0 aliphatic heterocycles. The number of aromatic nitrogens is 1. The first-order valence-electron chi connectivity index (χ1n) is 8.11. The van der Waals surface area contributed by atoms with Crippen LogP contribution in [0.5, 0.6) is 0 Å². The van der Waals surface area contributed by atoms with Gasteiger partial charge < -0.3 is 9.88 Å². The number of amides is 1. The predicted octanol–water partition coefficient (Wildman–Crippen LogP) is 4.56. The van der Waals surface area contributed by atoms with Crippen LogP contribution in [-0.4, -0.2) is 10.5 Å². The lowest BCUT2D eigenvalue weighted by Crippen LogP contribution is -2.14. The Morgan fingerprint density at radius 3 is 2.30 bits per heavy atom. The molecule has 3 rings (SSSR count). The number of hydrogen-bond donors (Lipinski definition) is 1. The van der Waals surface area contributed by atoms with Crippen LogP contribution < -0.4 is 5.32 Å². The Morgan fingerprint density at radius 2 is 1.65 bits per heavy atom. The Bertz CT molecular complexity index is 839. The minimum Gasteiger partial charge on any atom is -0.350 e. The van der Waals surface area contributed by atoms with Crippen molar-refractivity contribution in [2.75, 3.05) is 5.32 Å². The van der Waals surface area contributed by atoms with Gasteiger partial charge in [0, 0.05) is 29.8 Å². The second-order valence-electron chi connectivity index (χ2n) is 5.78. The molecule has 0 bridgehead atoms. The van der Waals surface area contributed by atoms with Crippen molar-refractivity contribution in [3.63, 3.8) is 0 Å². The highest BCUT2D eigenvalue weighted by atomic mass is 16.1. The van der Waals surface area contributed by atoms with E-state index in [0.29, 0.717) is 0 Å². The Balaban J connectivity index is 2.02. The van der Waals surface area contributed by atoms with Crippen LogP contribution in [-0.2, 0) is 19.9 Å². The zero-order valence-corrected chi connectivity index (χ0v) is 13.9. The molecule has 1 N–H and O–H groups in total. The van der Waals surface area contributed by atoms with E-state index in [9.17, 15) is 4.79 Å². The summed E-state index contributed by atoms with van der Waals surface area (Å²) in [6.45, 7) is 4.23. The van der Waals surface area contributed by atoms with Gasteiger partial charge in [-0.1, -0.05) is 50.2 Å². The molecular weight excluding hydrogens is 284 g/mol. The summed E-state index contributed by atoms with van der Waals surface area (Å²) < 4.78 is 2.00. The van der Waals surface area contributed by atoms with Gasteiger partial charge in [0.25, 0.3) is 5.91 Å². The van der Waals surface area contributed by atoms with Gasteiger partial charge in [0.05, 0.1) is 5.56 Å². The Morgan fingerprint density at radius 1 is 1.00 bits per heavy atom. The van der Waals surface area contributed by atoms with E-state index in [2.05, 4.69) is 37.4 Å². The molecule has 0 saturated heterocycles. The second-order valence-corrected chi connectivity index (χ2v) is 5.78. The Kier molecular flexibility index (Phi) is 4.20. The molecule has 0 spiro atoms. The second kappa shape index (κ2) is 6.29. The molecule has 118 valence electrons. The number of nitrogens with zero attached hydrogens (tertiary/aromatic N) is 1. The van der Waals surface area contributed by atoms with Crippen LogP contribution in [0, 0.1) is 0 Å². The van der Waals surface area contributed by atoms with Gasteiger partial charge in [-0.05, 0) is 30.0 Å². The maximum absolute atomic E-state index is 12.9. The van der Waals surface area contributed by atoms with Crippen molar-refractivity contribution in [2.45, 2.75) is 26.7 Å². The number of anilines is 1. The summed E-state index contributed by atoms with van der Waals surface area (Å²) in [5.74, 6) is -0.0441. The van der Waals surface area contributed by atoms with Crippen LogP contribution in [0.3, 0.4) is 0 Å². The lowest BCUT2D eigenvalue weighted by Gasteiger charge is -2.14. The quantitative estimate of drug-likeness (QED) is 0.753. The zero-order valence-electron chi connectivity index (χ0n) is 13.9. The smallest absolute Gasteiger partial charge is 0.257 e. The summed E-state index contributed by atoms with van der Waals surface area (Å²) in [5.41, 5.74) is 5.11. The van der Waals surface area contributed by atoms with Gasteiger partial charge >= 0.3 is 0 Å². The largest absolute Gasteiger partial charge is 0.350 e. The number of rotatable bonds is 4. The minimum absolute atomic E-state index is 0.0441. The van der Waals surface area contributed by atoms with E-state index >= 15 is 0 Å². The van der Waals surface area contributed by atoms with Crippen molar-refractivity contribution >= 4 is 22.5 Å². The molecular formula is C20H22N2O. The van der Waals surface area contributed by atoms with Crippen LogP contribution in [0.2, 0.25) is 0 Å². The molecule has 0 saturated carbocycles. The third-order valence-corrected chi connectivity index (χ3v) is 4.38. The average molecular weight is 306 g/mol. The summed E-state index contributed by atoms with van der Waals surface area (Å²) in [4.78, 5) is 12.9.